The molecule has 2 unspecified atom stereocenters. The first kappa shape index (κ1) is 9.97. The minimum Gasteiger partial charge on any atom is -0.481 e. The second-order valence-corrected chi connectivity index (χ2v) is 5.13. The van der Waals surface area contributed by atoms with Crippen molar-refractivity contribution < 1.29 is 9.90 Å². The van der Waals surface area contributed by atoms with E-state index in [-0.39, 0.29) is 11.8 Å². The zero-order chi connectivity index (χ0) is 10.2. The molecule has 80 valence electrons. The van der Waals surface area contributed by atoms with Gasteiger partial charge in [-0.05, 0) is 36.6 Å². The minimum atomic E-state index is -0.685. The SMILES string of the molecule is NCC1(CC(=O)O)CC2CCC[C@@H]2C1. The molecule has 3 heteroatoms. The fraction of sp³-hybridized carbons (Fsp3) is 0.909. The maximum absolute atomic E-state index is 10.8. The summed E-state index contributed by atoms with van der Waals surface area (Å²) in [5, 5.41) is 8.88. The summed E-state index contributed by atoms with van der Waals surface area (Å²) in [6.07, 6.45) is 6.32. The summed E-state index contributed by atoms with van der Waals surface area (Å²) < 4.78 is 0. The van der Waals surface area contributed by atoms with Crippen LogP contribution in [-0.2, 0) is 4.79 Å². The van der Waals surface area contributed by atoms with Gasteiger partial charge in [-0.25, -0.2) is 0 Å². The van der Waals surface area contributed by atoms with Gasteiger partial charge in [0, 0.05) is 0 Å². The average molecular weight is 197 g/mol. The number of aliphatic carboxylic acids is 1. The van der Waals surface area contributed by atoms with Gasteiger partial charge in [-0.15, -0.1) is 0 Å². The quantitative estimate of drug-likeness (QED) is 0.722. The van der Waals surface area contributed by atoms with Gasteiger partial charge in [-0.2, -0.15) is 0 Å². The molecule has 2 aliphatic carbocycles. The summed E-state index contributed by atoms with van der Waals surface area (Å²) in [5.74, 6) is 0.867. The Balaban J connectivity index is 2.05. The summed E-state index contributed by atoms with van der Waals surface area (Å²) in [6, 6.07) is 0. The fourth-order valence-electron chi connectivity index (χ4n) is 3.55. The predicted octanol–water partition coefficient (Wildman–Crippen LogP) is 1.62. The molecule has 3 N–H and O–H groups in total. The molecular formula is C11H19NO2. The van der Waals surface area contributed by atoms with Crippen LogP contribution in [0.2, 0.25) is 0 Å². The normalized spacial score (nSPS) is 41.2. The Morgan fingerprint density at radius 3 is 2.36 bits per heavy atom. The smallest absolute Gasteiger partial charge is 0.303 e. The molecule has 0 saturated heterocycles. The van der Waals surface area contributed by atoms with E-state index in [9.17, 15) is 4.79 Å². The number of fused-ring (bicyclic) bond motifs is 1. The van der Waals surface area contributed by atoms with Gasteiger partial charge >= 0.3 is 5.97 Å². The van der Waals surface area contributed by atoms with Crippen molar-refractivity contribution in [3.63, 3.8) is 0 Å². The number of hydrogen-bond acceptors (Lipinski definition) is 2. The molecule has 3 nitrogen and oxygen atoms in total. The molecule has 0 aliphatic heterocycles. The lowest BCUT2D eigenvalue weighted by atomic mass is 9.80. The predicted molar refractivity (Wildman–Crippen MR) is 53.8 cm³/mol. The first-order valence-corrected chi connectivity index (χ1v) is 5.57. The molecule has 2 fully saturated rings. The zero-order valence-electron chi connectivity index (χ0n) is 8.54. The van der Waals surface area contributed by atoms with Gasteiger partial charge in [0.1, 0.15) is 0 Å². The summed E-state index contributed by atoms with van der Waals surface area (Å²) in [7, 11) is 0. The van der Waals surface area contributed by atoms with E-state index < -0.39 is 5.97 Å². The molecule has 2 rings (SSSR count). The number of carboxylic acid groups (broad SMARTS) is 1. The van der Waals surface area contributed by atoms with E-state index in [1.165, 1.54) is 19.3 Å². The van der Waals surface area contributed by atoms with E-state index in [2.05, 4.69) is 0 Å². The summed E-state index contributed by atoms with van der Waals surface area (Å²) >= 11 is 0. The number of nitrogens with two attached hydrogens (primary N) is 1. The Morgan fingerprint density at radius 1 is 1.36 bits per heavy atom. The lowest BCUT2D eigenvalue weighted by Gasteiger charge is -2.26. The highest BCUT2D eigenvalue weighted by Gasteiger charge is 2.46. The molecule has 0 radical (unpaired) electrons. The van der Waals surface area contributed by atoms with Crippen LogP contribution in [0.4, 0.5) is 0 Å². The van der Waals surface area contributed by atoms with Crippen LogP contribution in [0.5, 0.6) is 0 Å². The largest absolute Gasteiger partial charge is 0.481 e. The van der Waals surface area contributed by atoms with Crippen molar-refractivity contribution in [1.82, 2.24) is 0 Å². The Morgan fingerprint density at radius 2 is 1.93 bits per heavy atom. The van der Waals surface area contributed by atoms with Gasteiger partial charge in [0.05, 0.1) is 6.42 Å². The fourth-order valence-corrected chi connectivity index (χ4v) is 3.55. The van der Waals surface area contributed by atoms with E-state index in [0.717, 1.165) is 24.7 Å². The zero-order valence-corrected chi connectivity index (χ0v) is 8.54. The van der Waals surface area contributed by atoms with Crippen LogP contribution in [0.3, 0.4) is 0 Å². The first-order valence-electron chi connectivity index (χ1n) is 5.57. The average Bonchev–Trinajstić information content (AvgIpc) is 2.61. The molecule has 0 spiro atoms. The molecule has 0 heterocycles. The first-order chi connectivity index (χ1) is 6.65. The van der Waals surface area contributed by atoms with Crippen molar-refractivity contribution >= 4 is 5.97 Å². The van der Waals surface area contributed by atoms with Crippen LogP contribution in [0.1, 0.15) is 38.5 Å². The molecule has 0 bridgehead atoms. The third-order valence-corrected chi connectivity index (χ3v) is 4.17. The van der Waals surface area contributed by atoms with Crippen molar-refractivity contribution in [1.29, 1.82) is 0 Å². The number of carboxylic acids is 1. The highest BCUT2D eigenvalue weighted by atomic mass is 16.4. The van der Waals surface area contributed by atoms with Crippen molar-refractivity contribution in [3.05, 3.63) is 0 Å². The molecule has 0 amide bonds. The molecule has 14 heavy (non-hydrogen) atoms. The van der Waals surface area contributed by atoms with Crippen molar-refractivity contribution in [3.8, 4) is 0 Å². The molecule has 0 aromatic heterocycles. The van der Waals surface area contributed by atoms with Gasteiger partial charge in [0.2, 0.25) is 0 Å². The third-order valence-electron chi connectivity index (χ3n) is 4.17. The monoisotopic (exact) mass is 197 g/mol. The van der Waals surface area contributed by atoms with Gasteiger partial charge in [0.15, 0.2) is 0 Å². The lowest BCUT2D eigenvalue weighted by molar-refractivity contribution is -0.139. The van der Waals surface area contributed by atoms with E-state index >= 15 is 0 Å². The van der Waals surface area contributed by atoms with E-state index in [4.69, 9.17) is 10.8 Å². The highest BCUT2D eigenvalue weighted by Crippen LogP contribution is 2.53. The van der Waals surface area contributed by atoms with Crippen molar-refractivity contribution in [2.75, 3.05) is 6.54 Å². The lowest BCUT2D eigenvalue weighted by Crippen LogP contribution is -2.31. The molecule has 0 aromatic carbocycles. The van der Waals surface area contributed by atoms with Crippen LogP contribution < -0.4 is 5.73 Å². The van der Waals surface area contributed by atoms with Crippen LogP contribution in [-0.4, -0.2) is 17.6 Å². The van der Waals surface area contributed by atoms with Crippen LogP contribution in [0.15, 0.2) is 0 Å². The Hall–Kier alpha value is -0.570. The second-order valence-electron chi connectivity index (χ2n) is 5.13. The molecule has 2 saturated carbocycles. The number of rotatable bonds is 3. The van der Waals surface area contributed by atoms with E-state index in [1.54, 1.807) is 0 Å². The molecule has 3 atom stereocenters. The topological polar surface area (TPSA) is 63.3 Å². The van der Waals surface area contributed by atoms with Gasteiger partial charge in [-0.3, -0.25) is 4.79 Å². The van der Waals surface area contributed by atoms with Crippen LogP contribution in [0, 0.1) is 17.3 Å². The standard InChI is InChI=1S/C11H19NO2/c12-7-11(6-10(13)14)4-8-2-1-3-9(8)5-11/h8-9H,1-7,12H2,(H,13,14)/t8-,9?,11?/m1/s1. The van der Waals surface area contributed by atoms with Crippen molar-refractivity contribution in [2.45, 2.75) is 38.5 Å². The van der Waals surface area contributed by atoms with Crippen LogP contribution >= 0.6 is 0 Å². The molecular weight excluding hydrogens is 178 g/mol. The van der Waals surface area contributed by atoms with Crippen LogP contribution in [0.25, 0.3) is 0 Å². The maximum Gasteiger partial charge on any atom is 0.303 e. The van der Waals surface area contributed by atoms with Gasteiger partial charge in [0.25, 0.3) is 0 Å². The maximum atomic E-state index is 10.8. The second kappa shape index (κ2) is 3.54. The summed E-state index contributed by atoms with van der Waals surface area (Å²) in [6.45, 7) is 0.548. The number of carbonyl (C=O) groups is 1. The number of hydrogen-bond donors (Lipinski definition) is 2. The third kappa shape index (κ3) is 1.65. The highest BCUT2D eigenvalue weighted by molar-refractivity contribution is 5.67. The Bertz CT molecular complexity index is 227. The Kier molecular flexibility index (Phi) is 2.52. The van der Waals surface area contributed by atoms with E-state index in [0.29, 0.717) is 6.54 Å². The summed E-state index contributed by atoms with van der Waals surface area (Å²) in [5.41, 5.74) is 5.69. The van der Waals surface area contributed by atoms with Gasteiger partial charge in [-0.1, -0.05) is 19.3 Å². The molecule has 0 aromatic rings. The van der Waals surface area contributed by atoms with Gasteiger partial charge < -0.3 is 10.8 Å². The summed E-state index contributed by atoms with van der Waals surface area (Å²) in [4.78, 5) is 10.8. The van der Waals surface area contributed by atoms with Crippen molar-refractivity contribution in [2.24, 2.45) is 23.0 Å². The molecule has 2 aliphatic rings. The minimum absolute atomic E-state index is 0.0679. The van der Waals surface area contributed by atoms with E-state index in [1.807, 2.05) is 0 Å². The Labute approximate surface area is 84.7 Å².